The van der Waals surface area contributed by atoms with Crippen molar-refractivity contribution in [2.24, 2.45) is 0 Å². The maximum absolute atomic E-state index is 13.0. The van der Waals surface area contributed by atoms with E-state index in [4.69, 9.17) is 14.2 Å². The number of hydrogen-bond donors (Lipinski definition) is 1. The summed E-state index contributed by atoms with van der Waals surface area (Å²) in [5.74, 6) is 2.88. The second kappa shape index (κ2) is 8.62. The molecule has 2 heterocycles. The lowest BCUT2D eigenvalue weighted by atomic mass is 10.1. The van der Waals surface area contributed by atoms with Crippen molar-refractivity contribution in [3.8, 4) is 17.2 Å². The van der Waals surface area contributed by atoms with E-state index in [0.717, 1.165) is 35.7 Å². The van der Waals surface area contributed by atoms with Crippen LogP contribution >= 0.6 is 0 Å². The number of methoxy groups -OCH3 is 3. The lowest BCUT2D eigenvalue weighted by Crippen LogP contribution is -2.48. The summed E-state index contributed by atoms with van der Waals surface area (Å²) in [6, 6.07) is 11.1. The molecule has 0 saturated carbocycles. The molecule has 1 aromatic heterocycles. The highest BCUT2D eigenvalue weighted by molar-refractivity contribution is 5.97. The molecular weight excluding hydrogens is 384 g/mol. The number of carbonyl (C=O) groups excluding carboxylic acids is 1. The lowest BCUT2D eigenvalue weighted by Gasteiger charge is -2.34. The molecule has 1 N–H and O–H groups in total. The fourth-order valence-corrected chi connectivity index (χ4v) is 3.71. The normalized spacial score (nSPS) is 14.7. The molecule has 0 bridgehead atoms. The number of amides is 1. The Hall–Kier alpha value is -3.26. The fourth-order valence-electron chi connectivity index (χ4n) is 3.71. The molecule has 0 radical (unpaired) electrons. The van der Waals surface area contributed by atoms with Crippen LogP contribution in [0.1, 0.15) is 16.2 Å². The summed E-state index contributed by atoms with van der Waals surface area (Å²) in [6.45, 7) is 3.59. The number of imidazole rings is 1. The molecule has 1 aliphatic rings. The van der Waals surface area contributed by atoms with Crippen molar-refractivity contribution in [3.63, 3.8) is 0 Å². The van der Waals surface area contributed by atoms with E-state index in [1.54, 1.807) is 39.5 Å². The Kier molecular flexibility index (Phi) is 5.76. The Labute approximate surface area is 175 Å². The van der Waals surface area contributed by atoms with Gasteiger partial charge >= 0.3 is 0 Å². The molecule has 2 aromatic carbocycles. The van der Waals surface area contributed by atoms with Gasteiger partial charge in [0, 0.05) is 38.3 Å². The molecule has 0 unspecified atom stereocenters. The predicted octanol–water partition coefficient (Wildman–Crippen LogP) is 2.55. The smallest absolute Gasteiger partial charge is 0.257 e. The van der Waals surface area contributed by atoms with Crippen LogP contribution in [0.5, 0.6) is 17.2 Å². The van der Waals surface area contributed by atoms with Gasteiger partial charge in [-0.1, -0.05) is 0 Å². The van der Waals surface area contributed by atoms with Crippen LogP contribution in [0.2, 0.25) is 0 Å². The first-order chi connectivity index (χ1) is 14.6. The number of benzene rings is 2. The molecule has 8 heteroatoms. The molecule has 1 aliphatic heterocycles. The number of aromatic amines is 1. The molecule has 30 heavy (non-hydrogen) atoms. The summed E-state index contributed by atoms with van der Waals surface area (Å²) in [5.41, 5.74) is 2.44. The highest BCUT2D eigenvalue weighted by atomic mass is 16.5. The molecule has 0 atom stereocenters. The minimum Gasteiger partial charge on any atom is -0.497 e. The number of piperazine rings is 1. The van der Waals surface area contributed by atoms with Crippen molar-refractivity contribution in [2.45, 2.75) is 6.54 Å². The van der Waals surface area contributed by atoms with Crippen LogP contribution in [-0.4, -0.2) is 73.2 Å². The van der Waals surface area contributed by atoms with Crippen molar-refractivity contribution in [3.05, 3.63) is 47.8 Å². The molecule has 1 saturated heterocycles. The largest absolute Gasteiger partial charge is 0.497 e. The van der Waals surface area contributed by atoms with E-state index in [9.17, 15) is 4.79 Å². The van der Waals surface area contributed by atoms with Crippen molar-refractivity contribution in [1.82, 2.24) is 19.8 Å². The Morgan fingerprint density at radius 2 is 1.67 bits per heavy atom. The molecule has 3 aromatic rings. The maximum Gasteiger partial charge on any atom is 0.257 e. The number of H-pyrrole nitrogens is 1. The van der Waals surface area contributed by atoms with E-state index in [1.165, 1.54) is 0 Å². The van der Waals surface area contributed by atoms with Gasteiger partial charge in [-0.25, -0.2) is 4.98 Å². The number of rotatable bonds is 6. The Morgan fingerprint density at radius 3 is 2.37 bits per heavy atom. The van der Waals surface area contributed by atoms with E-state index < -0.39 is 0 Å². The van der Waals surface area contributed by atoms with Crippen molar-refractivity contribution < 1.29 is 19.0 Å². The maximum atomic E-state index is 13.0. The van der Waals surface area contributed by atoms with Crippen molar-refractivity contribution >= 4 is 16.9 Å². The average molecular weight is 410 g/mol. The lowest BCUT2D eigenvalue weighted by molar-refractivity contribution is 0.0622. The number of fused-ring (bicyclic) bond motifs is 1. The number of ether oxygens (including phenoxy) is 3. The number of aromatic nitrogens is 2. The Bertz CT molecular complexity index is 1040. The third-order valence-electron chi connectivity index (χ3n) is 5.41. The van der Waals surface area contributed by atoms with Gasteiger partial charge in [0.2, 0.25) is 0 Å². The van der Waals surface area contributed by atoms with Gasteiger partial charge in [-0.3, -0.25) is 9.69 Å². The highest BCUT2D eigenvalue weighted by Crippen LogP contribution is 2.26. The minimum absolute atomic E-state index is 0.0232. The molecular formula is C22H26N4O4. The topological polar surface area (TPSA) is 79.9 Å². The monoisotopic (exact) mass is 410 g/mol. The Balaban J connectivity index is 1.38. The zero-order valence-corrected chi connectivity index (χ0v) is 17.5. The summed E-state index contributed by atoms with van der Waals surface area (Å²) in [6.07, 6.45) is 0. The molecule has 158 valence electrons. The van der Waals surface area contributed by atoms with Gasteiger partial charge in [-0.2, -0.15) is 0 Å². The first-order valence-electron chi connectivity index (χ1n) is 9.87. The number of hydrogen-bond acceptors (Lipinski definition) is 6. The standard InChI is InChI=1S/C22H26N4O4/c1-28-15-5-7-18-19(12-15)24-21(23-18)14-25-8-10-26(11-9-25)22(27)17-6-4-16(29-2)13-20(17)30-3/h4-7,12-13H,8-11,14H2,1-3H3,(H,23,24). The van der Waals surface area contributed by atoms with Gasteiger partial charge in [0.25, 0.3) is 5.91 Å². The van der Waals surface area contributed by atoms with Crippen LogP contribution in [0, 0.1) is 0 Å². The van der Waals surface area contributed by atoms with E-state index in [2.05, 4.69) is 14.9 Å². The zero-order valence-electron chi connectivity index (χ0n) is 17.5. The molecule has 0 spiro atoms. The van der Waals surface area contributed by atoms with E-state index in [0.29, 0.717) is 36.7 Å². The van der Waals surface area contributed by atoms with Crippen LogP contribution in [0.4, 0.5) is 0 Å². The summed E-state index contributed by atoms with van der Waals surface area (Å²) in [4.78, 5) is 25.2. The van der Waals surface area contributed by atoms with Crippen LogP contribution in [0.25, 0.3) is 11.0 Å². The third kappa shape index (κ3) is 4.04. The second-order valence-electron chi connectivity index (χ2n) is 7.20. The molecule has 0 aliphatic carbocycles. The van der Waals surface area contributed by atoms with Crippen LogP contribution in [0.15, 0.2) is 36.4 Å². The van der Waals surface area contributed by atoms with E-state index >= 15 is 0 Å². The summed E-state index contributed by atoms with van der Waals surface area (Å²) < 4.78 is 15.9. The summed E-state index contributed by atoms with van der Waals surface area (Å²) >= 11 is 0. The van der Waals surface area contributed by atoms with Crippen molar-refractivity contribution in [1.29, 1.82) is 0 Å². The highest BCUT2D eigenvalue weighted by Gasteiger charge is 2.25. The van der Waals surface area contributed by atoms with Crippen molar-refractivity contribution in [2.75, 3.05) is 47.5 Å². The fraction of sp³-hybridized carbons (Fsp3) is 0.364. The number of nitrogens with one attached hydrogen (secondary N) is 1. The second-order valence-corrected chi connectivity index (χ2v) is 7.20. The quantitative estimate of drug-likeness (QED) is 0.673. The third-order valence-corrected chi connectivity index (χ3v) is 5.41. The van der Waals surface area contributed by atoms with E-state index in [-0.39, 0.29) is 5.91 Å². The van der Waals surface area contributed by atoms with Crippen LogP contribution < -0.4 is 14.2 Å². The van der Waals surface area contributed by atoms with Crippen LogP contribution in [0.3, 0.4) is 0 Å². The van der Waals surface area contributed by atoms with Gasteiger partial charge in [0.1, 0.15) is 23.1 Å². The van der Waals surface area contributed by atoms with E-state index in [1.807, 2.05) is 23.1 Å². The molecule has 8 nitrogen and oxygen atoms in total. The molecule has 1 fully saturated rings. The number of carbonyl (C=O) groups is 1. The predicted molar refractivity (Wildman–Crippen MR) is 113 cm³/mol. The van der Waals surface area contributed by atoms with Crippen LogP contribution in [-0.2, 0) is 6.54 Å². The van der Waals surface area contributed by atoms with Gasteiger partial charge in [0.15, 0.2) is 0 Å². The van der Waals surface area contributed by atoms with Gasteiger partial charge in [-0.05, 0) is 24.3 Å². The molecule has 1 amide bonds. The SMILES string of the molecule is COc1ccc(C(=O)N2CCN(Cc3nc4ccc(OC)cc4[nH]3)CC2)c(OC)c1. The van der Waals surface area contributed by atoms with Gasteiger partial charge in [-0.15, -0.1) is 0 Å². The first kappa shape index (κ1) is 20.0. The van der Waals surface area contributed by atoms with Gasteiger partial charge in [0.05, 0.1) is 44.5 Å². The Morgan fingerprint density at radius 1 is 0.967 bits per heavy atom. The first-order valence-corrected chi connectivity index (χ1v) is 9.87. The summed E-state index contributed by atoms with van der Waals surface area (Å²) in [7, 11) is 4.81. The zero-order chi connectivity index (χ0) is 21.1. The van der Waals surface area contributed by atoms with Gasteiger partial charge < -0.3 is 24.1 Å². The number of nitrogens with zero attached hydrogens (tertiary/aromatic N) is 3. The summed E-state index contributed by atoms with van der Waals surface area (Å²) in [5, 5.41) is 0. The average Bonchev–Trinajstić information content (AvgIpc) is 3.19. The molecule has 4 rings (SSSR count). The minimum atomic E-state index is -0.0232.